The molecule has 126 valence electrons. The molecule has 0 aliphatic heterocycles. The minimum absolute atomic E-state index is 0. The maximum absolute atomic E-state index is 4.63. The largest absolute Gasteiger partial charge is 0.357 e. The van der Waals surface area contributed by atoms with Crippen LogP contribution in [0.1, 0.15) is 24.5 Å². The summed E-state index contributed by atoms with van der Waals surface area (Å²) in [5.41, 5.74) is 2.50. The van der Waals surface area contributed by atoms with Gasteiger partial charge in [0.2, 0.25) is 0 Å². The van der Waals surface area contributed by atoms with Crippen molar-refractivity contribution in [3.8, 4) is 0 Å². The van der Waals surface area contributed by atoms with E-state index in [-0.39, 0.29) is 24.0 Å². The Morgan fingerprint density at radius 2 is 2.17 bits per heavy atom. The lowest BCUT2D eigenvalue weighted by molar-refractivity contribution is 0.624. The van der Waals surface area contributed by atoms with Crippen LogP contribution in [0.15, 0.2) is 48.0 Å². The summed E-state index contributed by atoms with van der Waals surface area (Å²) < 4.78 is 2.08. The monoisotopic (exact) mass is 427 g/mol. The van der Waals surface area contributed by atoms with Gasteiger partial charge in [-0.05, 0) is 25.8 Å². The second-order valence-electron chi connectivity index (χ2n) is 5.27. The van der Waals surface area contributed by atoms with Gasteiger partial charge in [0.15, 0.2) is 5.96 Å². The average molecular weight is 427 g/mol. The molecule has 1 aromatic carbocycles. The molecule has 0 unspecified atom stereocenters. The minimum Gasteiger partial charge on any atom is -0.357 e. The number of nitrogens with zero attached hydrogens (tertiary/aromatic N) is 3. The van der Waals surface area contributed by atoms with Crippen molar-refractivity contribution in [2.24, 2.45) is 4.99 Å². The lowest BCUT2D eigenvalue weighted by Crippen LogP contribution is -2.38. The van der Waals surface area contributed by atoms with Gasteiger partial charge in [0.25, 0.3) is 0 Å². The number of aromatic nitrogens is 2. The van der Waals surface area contributed by atoms with Gasteiger partial charge < -0.3 is 15.2 Å². The van der Waals surface area contributed by atoms with E-state index in [0.717, 1.165) is 32.0 Å². The Bertz CT molecular complexity index is 580. The van der Waals surface area contributed by atoms with Crippen LogP contribution in [0, 0.1) is 6.92 Å². The molecule has 0 spiro atoms. The molecule has 0 amide bonds. The van der Waals surface area contributed by atoms with Crippen LogP contribution in [0.2, 0.25) is 0 Å². The number of hydrogen-bond acceptors (Lipinski definition) is 2. The van der Waals surface area contributed by atoms with Crippen LogP contribution in [0.3, 0.4) is 0 Å². The van der Waals surface area contributed by atoms with Crippen molar-refractivity contribution in [2.45, 2.75) is 33.4 Å². The first-order chi connectivity index (χ1) is 10.8. The number of rotatable bonds is 7. The zero-order valence-corrected chi connectivity index (χ0v) is 16.2. The molecule has 0 aliphatic rings. The lowest BCUT2D eigenvalue weighted by atomic mass is 10.1. The molecule has 0 saturated heterocycles. The van der Waals surface area contributed by atoms with Crippen molar-refractivity contribution < 1.29 is 0 Å². The zero-order valence-electron chi connectivity index (χ0n) is 13.8. The third-order valence-electron chi connectivity index (χ3n) is 3.29. The normalized spacial score (nSPS) is 11.0. The maximum atomic E-state index is 4.63. The summed E-state index contributed by atoms with van der Waals surface area (Å²) >= 11 is 0. The smallest absolute Gasteiger partial charge is 0.191 e. The molecule has 0 radical (unpaired) electrons. The fourth-order valence-electron chi connectivity index (χ4n) is 2.21. The van der Waals surface area contributed by atoms with Gasteiger partial charge in [0, 0.05) is 32.0 Å². The molecule has 0 bridgehead atoms. The standard InChI is InChI=1S/C17H25N5.HI/c1-3-19-17(20-8-5-10-22-11-9-18-14-22)21-13-16-7-4-6-15(2)12-16;/h4,6-7,9,11-12,14H,3,5,8,10,13H2,1-2H3,(H2,19,20,21);1H. The number of halogens is 1. The minimum atomic E-state index is 0. The fraction of sp³-hybridized carbons (Fsp3) is 0.412. The molecule has 2 N–H and O–H groups in total. The maximum Gasteiger partial charge on any atom is 0.191 e. The first-order valence-electron chi connectivity index (χ1n) is 7.81. The quantitative estimate of drug-likeness (QED) is 0.309. The van der Waals surface area contributed by atoms with Crippen LogP contribution in [0.25, 0.3) is 0 Å². The van der Waals surface area contributed by atoms with Crippen LogP contribution >= 0.6 is 24.0 Å². The molecule has 0 atom stereocenters. The summed E-state index contributed by atoms with van der Waals surface area (Å²) in [6.45, 7) is 7.59. The molecule has 1 heterocycles. The van der Waals surface area contributed by atoms with Crippen LogP contribution in [0.4, 0.5) is 0 Å². The van der Waals surface area contributed by atoms with Crippen molar-refractivity contribution in [1.82, 2.24) is 20.2 Å². The highest BCUT2D eigenvalue weighted by atomic mass is 127. The van der Waals surface area contributed by atoms with Gasteiger partial charge >= 0.3 is 0 Å². The number of imidazole rings is 1. The highest BCUT2D eigenvalue weighted by Gasteiger charge is 1.98. The van der Waals surface area contributed by atoms with Crippen LogP contribution in [-0.4, -0.2) is 28.6 Å². The van der Waals surface area contributed by atoms with E-state index in [9.17, 15) is 0 Å². The Hall–Kier alpha value is -1.57. The van der Waals surface area contributed by atoms with Crippen molar-refractivity contribution in [2.75, 3.05) is 13.1 Å². The van der Waals surface area contributed by atoms with Gasteiger partial charge in [-0.2, -0.15) is 0 Å². The fourth-order valence-corrected chi connectivity index (χ4v) is 2.21. The Labute approximate surface area is 155 Å². The number of guanidine groups is 1. The van der Waals surface area contributed by atoms with Crippen molar-refractivity contribution in [3.05, 3.63) is 54.1 Å². The van der Waals surface area contributed by atoms with Gasteiger partial charge in [0.1, 0.15) is 0 Å². The number of hydrogen-bond donors (Lipinski definition) is 2. The first kappa shape index (κ1) is 19.5. The van der Waals surface area contributed by atoms with Crippen molar-refractivity contribution >= 4 is 29.9 Å². The molecule has 1 aromatic heterocycles. The number of aryl methyl sites for hydroxylation is 2. The first-order valence-corrected chi connectivity index (χ1v) is 7.81. The summed E-state index contributed by atoms with van der Waals surface area (Å²) in [6, 6.07) is 8.46. The second kappa shape index (κ2) is 11.0. The van der Waals surface area contributed by atoms with Crippen LogP contribution in [-0.2, 0) is 13.1 Å². The van der Waals surface area contributed by atoms with E-state index in [1.165, 1.54) is 11.1 Å². The van der Waals surface area contributed by atoms with E-state index in [1.807, 2.05) is 12.5 Å². The molecule has 0 fully saturated rings. The summed E-state index contributed by atoms with van der Waals surface area (Å²) in [5, 5.41) is 6.65. The van der Waals surface area contributed by atoms with Gasteiger partial charge in [0.05, 0.1) is 12.9 Å². The van der Waals surface area contributed by atoms with E-state index < -0.39 is 0 Å². The predicted molar refractivity (Wildman–Crippen MR) is 106 cm³/mol. The van der Waals surface area contributed by atoms with Crippen LogP contribution in [0.5, 0.6) is 0 Å². The summed E-state index contributed by atoms with van der Waals surface area (Å²) in [7, 11) is 0. The van der Waals surface area contributed by atoms with E-state index in [1.54, 1.807) is 6.20 Å². The lowest BCUT2D eigenvalue weighted by Gasteiger charge is -2.11. The molecule has 6 heteroatoms. The Morgan fingerprint density at radius 1 is 1.30 bits per heavy atom. The average Bonchev–Trinajstić information content (AvgIpc) is 3.02. The molecule has 5 nitrogen and oxygen atoms in total. The van der Waals surface area contributed by atoms with Gasteiger partial charge in [-0.3, -0.25) is 0 Å². The SMILES string of the molecule is CCNC(=NCc1cccc(C)c1)NCCCn1ccnc1.I. The van der Waals surface area contributed by atoms with Crippen molar-refractivity contribution in [3.63, 3.8) is 0 Å². The molecule has 0 aliphatic carbocycles. The topological polar surface area (TPSA) is 54.2 Å². The van der Waals surface area contributed by atoms with Gasteiger partial charge in [-0.15, -0.1) is 24.0 Å². The third kappa shape index (κ3) is 7.49. The Morgan fingerprint density at radius 3 is 2.87 bits per heavy atom. The summed E-state index contributed by atoms with van der Waals surface area (Å²) in [4.78, 5) is 8.68. The predicted octanol–water partition coefficient (Wildman–Crippen LogP) is 2.95. The summed E-state index contributed by atoms with van der Waals surface area (Å²) in [6.07, 6.45) is 6.67. The Kier molecular flexibility index (Phi) is 9.35. The molecule has 2 aromatic rings. The second-order valence-corrected chi connectivity index (χ2v) is 5.27. The van der Waals surface area contributed by atoms with E-state index in [0.29, 0.717) is 6.54 Å². The third-order valence-corrected chi connectivity index (χ3v) is 3.29. The highest BCUT2D eigenvalue weighted by molar-refractivity contribution is 14.0. The van der Waals surface area contributed by atoms with Gasteiger partial charge in [-0.25, -0.2) is 9.98 Å². The number of aliphatic imine (C=N–C) groups is 1. The molecule has 23 heavy (non-hydrogen) atoms. The van der Waals surface area contributed by atoms with Gasteiger partial charge in [-0.1, -0.05) is 29.8 Å². The molecule has 2 rings (SSSR count). The molecular weight excluding hydrogens is 401 g/mol. The Balaban J connectivity index is 0.00000264. The highest BCUT2D eigenvalue weighted by Crippen LogP contribution is 2.04. The van der Waals surface area contributed by atoms with E-state index >= 15 is 0 Å². The number of nitrogens with one attached hydrogen (secondary N) is 2. The van der Waals surface area contributed by atoms with Crippen molar-refractivity contribution in [1.29, 1.82) is 0 Å². The van der Waals surface area contributed by atoms with E-state index in [2.05, 4.69) is 63.3 Å². The summed E-state index contributed by atoms with van der Waals surface area (Å²) in [5.74, 6) is 0.870. The van der Waals surface area contributed by atoms with Crippen LogP contribution < -0.4 is 10.6 Å². The zero-order chi connectivity index (χ0) is 15.6. The molecular formula is C17H26IN5. The van der Waals surface area contributed by atoms with E-state index in [4.69, 9.17) is 0 Å². The number of benzene rings is 1. The molecule has 0 saturated carbocycles.